The molecule has 3 rings (SSSR count). The highest BCUT2D eigenvalue weighted by atomic mass is 32.2. The van der Waals surface area contributed by atoms with Crippen molar-refractivity contribution < 1.29 is 0 Å². The average molecular weight is 274 g/mol. The zero-order chi connectivity index (χ0) is 13.2. The zero-order valence-electron chi connectivity index (χ0n) is 11.5. The fraction of sp³-hybridized carbons (Fsp3) is 0.500. The standard InChI is InChI=1S/C16H22N2S/c1-11-16(13-4-2-3-5-15(13)18-11)14(10-17)12-6-8-19-9-7-12/h2-5,12,14,18H,6-10,17H2,1H3. The van der Waals surface area contributed by atoms with Gasteiger partial charge in [-0.2, -0.15) is 11.8 Å². The Kier molecular flexibility index (Phi) is 3.85. The van der Waals surface area contributed by atoms with E-state index in [1.54, 1.807) is 0 Å². The number of aromatic nitrogens is 1. The second kappa shape index (κ2) is 5.59. The van der Waals surface area contributed by atoms with Gasteiger partial charge in [-0.15, -0.1) is 0 Å². The summed E-state index contributed by atoms with van der Waals surface area (Å²) in [6, 6.07) is 8.62. The van der Waals surface area contributed by atoms with Crippen molar-refractivity contribution in [2.75, 3.05) is 18.1 Å². The van der Waals surface area contributed by atoms with Crippen molar-refractivity contribution in [3.63, 3.8) is 0 Å². The van der Waals surface area contributed by atoms with Gasteiger partial charge in [0.15, 0.2) is 0 Å². The van der Waals surface area contributed by atoms with Gasteiger partial charge in [0.2, 0.25) is 0 Å². The third kappa shape index (κ3) is 2.41. The van der Waals surface area contributed by atoms with E-state index < -0.39 is 0 Å². The molecule has 3 heteroatoms. The Balaban J connectivity index is 2.02. The molecule has 0 saturated carbocycles. The molecule has 1 unspecified atom stereocenters. The lowest BCUT2D eigenvalue weighted by Gasteiger charge is -2.29. The fourth-order valence-corrected chi connectivity index (χ4v) is 4.58. The van der Waals surface area contributed by atoms with Crippen LogP contribution in [0.1, 0.15) is 30.0 Å². The van der Waals surface area contributed by atoms with E-state index in [4.69, 9.17) is 5.73 Å². The first kappa shape index (κ1) is 13.1. The van der Waals surface area contributed by atoms with Gasteiger partial charge in [-0.1, -0.05) is 18.2 Å². The molecule has 19 heavy (non-hydrogen) atoms. The van der Waals surface area contributed by atoms with Gasteiger partial charge < -0.3 is 10.7 Å². The maximum absolute atomic E-state index is 6.13. The summed E-state index contributed by atoms with van der Waals surface area (Å²) in [4.78, 5) is 3.52. The van der Waals surface area contributed by atoms with Crippen LogP contribution in [-0.2, 0) is 0 Å². The van der Waals surface area contributed by atoms with E-state index in [0.29, 0.717) is 5.92 Å². The molecule has 2 nitrogen and oxygen atoms in total. The summed E-state index contributed by atoms with van der Waals surface area (Å²) in [7, 11) is 0. The van der Waals surface area contributed by atoms with Crippen LogP contribution in [0.15, 0.2) is 24.3 Å². The zero-order valence-corrected chi connectivity index (χ0v) is 12.3. The van der Waals surface area contributed by atoms with E-state index in [1.807, 2.05) is 0 Å². The van der Waals surface area contributed by atoms with Crippen LogP contribution in [0.4, 0.5) is 0 Å². The second-order valence-corrected chi connectivity index (χ2v) is 6.73. The number of hydrogen-bond donors (Lipinski definition) is 2. The van der Waals surface area contributed by atoms with Crippen molar-refractivity contribution in [2.24, 2.45) is 11.7 Å². The Hall–Kier alpha value is -0.930. The first-order valence-electron chi connectivity index (χ1n) is 7.16. The van der Waals surface area contributed by atoms with E-state index in [2.05, 4.69) is 47.9 Å². The molecule has 0 bridgehead atoms. The predicted octanol–water partition coefficient (Wildman–Crippen LogP) is 3.66. The number of hydrogen-bond acceptors (Lipinski definition) is 2. The van der Waals surface area contributed by atoms with Gasteiger partial charge in [0, 0.05) is 22.5 Å². The molecule has 0 amide bonds. The van der Waals surface area contributed by atoms with E-state index in [0.717, 1.165) is 12.5 Å². The van der Waals surface area contributed by atoms with Crippen molar-refractivity contribution in [3.8, 4) is 0 Å². The van der Waals surface area contributed by atoms with Crippen molar-refractivity contribution in [3.05, 3.63) is 35.5 Å². The number of nitrogens with two attached hydrogens (primary N) is 1. The van der Waals surface area contributed by atoms with Crippen LogP contribution < -0.4 is 5.73 Å². The molecule has 1 aromatic heterocycles. The van der Waals surface area contributed by atoms with Gasteiger partial charge in [0.25, 0.3) is 0 Å². The van der Waals surface area contributed by atoms with Crippen molar-refractivity contribution >= 4 is 22.7 Å². The number of H-pyrrole nitrogens is 1. The molecule has 1 fully saturated rings. The molecule has 1 aromatic carbocycles. The molecule has 1 saturated heterocycles. The topological polar surface area (TPSA) is 41.8 Å². The van der Waals surface area contributed by atoms with Gasteiger partial charge in [-0.25, -0.2) is 0 Å². The molecular weight excluding hydrogens is 252 g/mol. The van der Waals surface area contributed by atoms with Crippen LogP contribution in [0.3, 0.4) is 0 Å². The highest BCUT2D eigenvalue weighted by Gasteiger charge is 2.27. The maximum atomic E-state index is 6.13. The normalized spacial score (nSPS) is 18.8. The Morgan fingerprint density at radius 2 is 2.05 bits per heavy atom. The van der Waals surface area contributed by atoms with Gasteiger partial charge in [0.1, 0.15) is 0 Å². The van der Waals surface area contributed by atoms with Gasteiger partial charge in [-0.3, -0.25) is 0 Å². The number of nitrogens with one attached hydrogen (secondary N) is 1. The summed E-state index contributed by atoms with van der Waals surface area (Å²) in [5, 5.41) is 1.37. The van der Waals surface area contributed by atoms with Crippen LogP contribution >= 0.6 is 11.8 Å². The smallest absolute Gasteiger partial charge is 0.0458 e. The van der Waals surface area contributed by atoms with E-state index in [-0.39, 0.29) is 0 Å². The lowest BCUT2D eigenvalue weighted by molar-refractivity contribution is 0.401. The number of rotatable bonds is 3. The number of aromatic amines is 1. The molecule has 1 aliphatic rings. The van der Waals surface area contributed by atoms with E-state index in [1.165, 1.54) is 46.5 Å². The number of benzene rings is 1. The largest absolute Gasteiger partial charge is 0.358 e. The Bertz CT molecular complexity index is 555. The van der Waals surface area contributed by atoms with Crippen LogP contribution in [0.25, 0.3) is 10.9 Å². The van der Waals surface area contributed by atoms with Gasteiger partial charge in [0.05, 0.1) is 0 Å². The number of thioether (sulfide) groups is 1. The molecule has 1 atom stereocenters. The summed E-state index contributed by atoms with van der Waals surface area (Å²) >= 11 is 2.08. The summed E-state index contributed by atoms with van der Waals surface area (Å²) in [6.07, 6.45) is 2.62. The molecule has 0 aliphatic carbocycles. The number of aryl methyl sites for hydroxylation is 1. The third-order valence-electron chi connectivity index (χ3n) is 4.40. The van der Waals surface area contributed by atoms with Crippen molar-refractivity contribution in [2.45, 2.75) is 25.7 Å². The van der Waals surface area contributed by atoms with E-state index >= 15 is 0 Å². The molecule has 0 radical (unpaired) electrons. The number of fused-ring (bicyclic) bond motifs is 1. The summed E-state index contributed by atoms with van der Waals surface area (Å²) in [5.74, 6) is 3.85. The molecule has 102 valence electrons. The Morgan fingerprint density at radius 1 is 1.32 bits per heavy atom. The quantitative estimate of drug-likeness (QED) is 0.897. The minimum absolute atomic E-state index is 0.511. The van der Waals surface area contributed by atoms with Gasteiger partial charge in [-0.05, 0) is 55.4 Å². The van der Waals surface area contributed by atoms with Crippen molar-refractivity contribution in [1.82, 2.24) is 4.98 Å². The first-order chi connectivity index (χ1) is 9.31. The molecule has 0 spiro atoms. The minimum Gasteiger partial charge on any atom is -0.358 e. The van der Waals surface area contributed by atoms with Crippen molar-refractivity contribution in [1.29, 1.82) is 0 Å². The molecule has 2 aromatic rings. The molecular formula is C16H22N2S. The lowest BCUT2D eigenvalue weighted by Crippen LogP contribution is -2.25. The number of para-hydroxylation sites is 1. The summed E-state index contributed by atoms with van der Waals surface area (Å²) in [5.41, 5.74) is 10.2. The van der Waals surface area contributed by atoms with Crippen LogP contribution in [-0.4, -0.2) is 23.0 Å². The maximum Gasteiger partial charge on any atom is 0.0458 e. The van der Waals surface area contributed by atoms with Gasteiger partial charge >= 0.3 is 0 Å². The SMILES string of the molecule is Cc1[nH]c2ccccc2c1C(CN)C1CCSCC1. The third-order valence-corrected chi connectivity index (χ3v) is 5.45. The van der Waals surface area contributed by atoms with Crippen LogP contribution in [0.5, 0.6) is 0 Å². The lowest BCUT2D eigenvalue weighted by atomic mass is 9.81. The minimum atomic E-state index is 0.511. The first-order valence-corrected chi connectivity index (χ1v) is 8.31. The highest BCUT2D eigenvalue weighted by Crippen LogP contribution is 2.38. The summed E-state index contributed by atoms with van der Waals surface area (Å²) in [6.45, 7) is 2.95. The molecule has 3 N–H and O–H groups in total. The monoisotopic (exact) mass is 274 g/mol. The average Bonchev–Trinajstić information content (AvgIpc) is 2.78. The predicted molar refractivity (Wildman–Crippen MR) is 84.9 cm³/mol. The van der Waals surface area contributed by atoms with Crippen LogP contribution in [0.2, 0.25) is 0 Å². The fourth-order valence-electron chi connectivity index (χ4n) is 3.44. The Labute approximate surface area is 119 Å². The highest BCUT2D eigenvalue weighted by molar-refractivity contribution is 7.99. The van der Waals surface area contributed by atoms with Crippen LogP contribution in [0, 0.1) is 12.8 Å². The molecule has 2 heterocycles. The molecule has 1 aliphatic heterocycles. The van der Waals surface area contributed by atoms with E-state index in [9.17, 15) is 0 Å². The second-order valence-electron chi connectivity index (χ2n) is 5.50. The summed E-state index contributed by atoms with van der Waals surface area (Å²) < 4.78 is 0. The Morgan fingerprint density at radius 3 is 2.79 bits per heavy atom.